The quantitative estimate of drug-likeness (QED) is 0.385. The van der Waals surface area contributed by atoms with Gasteiger partial charge in [-0.25, -0.2) is 0 Å². The highest BCUT2D eigenvalue weighted by atomic mass is 16.2. The number of nitrogens with zero attached hydrogens (tertiary/aromatic N) is 1. The predicted octanol–water partition coefficient (Wildman–Crippen LogP) is 6.43. The van der Waals surface area contributed by atoms with Crippen molar-refractivity contribution in [2.24, 2.45) is 0 Å². The lowest BCUT2D eigenvalue weighted by molar-refractivity contribution is -0.118. The Morgan fingerprint density at radius 3 is 2.65 bits per heavy atom. The Kier molecular flexibility index (Phi) is 7.31. The third-order valence-corrected chi connectivity index (χ3v) is 6.39. The monoisotopic (exact) mass is 455 g/mol. The smallest absolute Gasteiger partial charge is 0.255 e. The van der Waals surface area contributed by atoms with E-state index in [0.717, 1.165) is 53.9 Å². The molecule has 0 aliphatic carbocycles. The van der Waals surface area contributed by atoms with Crippen LogP contribution in [-0.4, -0.2) is 25.4 Å². The van der Waals surface area contributed by atoms with Gasteiger partial charge < -0.3 is 15.5 Å². The molecular weight excluding hydrogens is 422 g/mol. The van der Waals surface area contributed by atoms with E-state index >= 15 is 0 Å². The first-order chi connectivity index (χ1) is 16.5. The largest absolute Gasteiger partial charge is 0.385 e. The third-order valence-electron chi connectivity index (χ3n) is 6.39. The van der Waals surface area contributed by atoms with Crippen LogP contribution in [-0.2, 0) is 11.2 Å². The lowest BCUT2D eigenvalue weighted by Gasteiger charge is -2.26. The second-order valence-electron chi connectivity index (χ2n) is 9.01. The summed E-state index contributed by atoms with van der Waals surface area (Å²) in [5.74, 6) is -0.0707. The van der Waals surface area contributed by atoms with Crippen molar-refractivity contribution >= 4 is 28.9 Å². The SMILES string of the molecule is CCCCCNc1cc(C(=O)Nc2ccc3c(c2)N(C)C(=O)CC3)ccc1-c1cccc(C)c1. The van der Waals surface area contributed by atoms with Crippen molar-refractivity contribution in [3.8, 4) is 11.1 Å². The Morgan fingerprint density at radius 1 is 1.00 bits per heavy atom. The number of rotatable bonds is 8. The molecule has 1 aliphatic rings. The van der Waals surface area contributed by atoms with Crippen LogP contribution < -0.4 is 15.5 Å². The van der Waals surface area contributed by atoms with Gasteiger partial charge in [-0.05, 0) is 55.2 Å². The van der Waals surface area contributed by atoms with Crippen molar-refractivity contribution in [3.05, 3.63) is 77.4 Å². The molecule has 0 atom stereocenters. The molecule has 2 amide bonds. The number of hydrogen-bond donors (Lipinski definition) is 2. The highest BCUT2D eigenvalue weighted by molar-refractivity contribution is 6.06. The van der Waals surface area contributed by atoms with Crippen LogP contribution in [0.1, 0.15) is 54.1 Å². The molecule has 4 rings (SSSR count). The Bertz CT molecular complexity index is 1200. The number of unbranched alkanes of at least 4 members (excludes halogenated alkanes) is 2. The van der Waals surface area contributed by atoms with Crippen LogP contribution in [0.2, 0.25) is 0 Å². The summed E-state index contributed by atoms with van der Waals surface area (Å²) < 4.78 is 0. The van der Waals surface area contributed by atoms with Gasteiger partial charge in [-0.15, -0.1) is 0 Å². The molecule has 5 heteroatoms. The van der Waals surface area contributed by atoms with E-state index in [1.165, 1.54) is 12.0 Å². The minimum absolute atomic E-state index is 0.0986. The number of hydrogen-bond acceptors (Lipinski definition) is 3. The number of amides is 2. The molecule has 0 saturated carbocycles. The minimum Gasteiger partial charge on any atom is -0.385 e. The van der Waals surface area contributed by atoms with Gasteiger partial charge in [0.05, 0.1) is 0 Å². The van der Waals surface area contributed by atoms with Crippen LogP contribution in [0.15, 0.2) is 60.7 Å². The summed E-state index contributed by atoms with van der Waals surface area (Å²) in [4.78, 5) is 26.9. The van der Waals surface area contributed by atoms with Crippen molar-refractivity contribution in [2.75, 3.05) is 29.1 Å². The first-order valence-corrected chi connectivity index (χ1v) is 12.1. The highest BCUT2D eigenvalue weighted by Crippen LogP contribution is 2.32. The highest BCUT2D eigenvalue weighted by Gasteiger charge is 2.21. The molecule has 176 valence electrons. The first kappa shape index (κ1) is 23.6. The van der Waals surface area contributed by atoms with Crippen LogP contribution in [0.4, 0.5) is 17.1 Å². The zero-order valence-corrected chi connectivity index (χ0v) is 20.3. The predicted molar refractivity (Wildman–Crippen MR) is 141 cm³/mol. The standard InChI is InChI=1S/C29H33N3O2/c1-4-5-6-16-30-26-18-23(11-14-25(26)22-9-7-8-20(2)17-22)29(34)31-24-13-10-21-12-15-28(33)32(3)27(21)19-24/h7-11,13-14,17-19,30H,4-6,12,15-16H2,1-3H3,(H,31,34). The lowest BCUT2D eigenvalue weighted by atomic mass is 9.99. The van der Waals surface area contributed by atoms with E-state index in [-0.39, 0.29) is 11.8 Å². The van der Waals surface area contributed by atoms with Gasteiger partial charge in [0.1, 0.15) is 0 Å². The average Bonchev–Trinajstić information content (AvgIpc) is 2.84. The van der Waals surface area contributed by atoms with Gasteiger partial charge >= 0.3 is 0 Å². The molecule has 3 aromatic carbocycles. The van der Waals surface area contributed by atoms with Crippen molar-refractivity contribution in [1.29, 1.82) is 0 Å². The number of carbonyl (C=O) groups excluding carboxylic acids is 2. The Morgan fingerprint density at radius 2 is 1.85 bits per heavy atom. The number of carbonyl (C=O) groups is 2. The molecule has 0 fully saturated rings. The Balaban J connectivity index is 1.58. The second kappa shape index (κ2) is 10.6. The third kappa shape index (κ3) is 5.30. The summed E-state index contributed by atoms with van der Waals surface area (Å²) in [6, 6.07) is 20.0. The number of benzene rings is 3. The fourth-order valence-electron chi connectivity index (χ4n) is 4.41. The zero-order valence-electron chi connectivity index (χ0n) is 20.3. The molecule has 0 unspecified atom stereocenters. The van der Waals surface area contributed by atoms with Gasteiger partial charge in [-0.1, -0.05) is 61.7 Å². The van der Waals surface area contributed by atoms with Crippen molar-refractivity contribution in [3.63, 3.8) is 0 Å². The molecule has 1 heterocycles. The second-order valence-corrected chi connectivity index (χ2v) is 9.01. The van der Waals surface area contributed by atoms with E-state index in [9.17, 15) is 9.59 Å². The summed E-state index contributed by atoms with van der Waals surface area (Å²) in [5.41, 5.74) is 7.65. The van der Waals surface area contributed by atoms with Crippen molar-refractivity contribution in [2.45, 2.75) is 46.0 Å². The molecule has 0 bridgehead atoms. The first-order valence-electron chi connectivity index (χ1n) is 12.1. The van der Waals surface area contributed by atoms with Crippen LogP contribution in [0, 0.1) is 6.92 Å². The number of anilines is 3. The minimum atomic E-state index is -0.169. The summed E-state index contributed by atoms with van der Waals surface area (Å²) >= 11 is 0. The molecule has 0 aromatic heterocycles. The van der Waals surface area contributed by atoms with E-state index in [2.05, 4.69) is 48.7 Å². The maximum Gasteiger partial charge on any atom is 0.255 e. The molecule has 3 aromatic rings. The normalized spacial score (nSPS) is 12.9. The van der Waals surface area contributed by atoms with Gasteiger partial charge in [0, 0.05) is 48.2 Å². The molecule has 0 spiro atoms. The molecule has 34 heavy (non-hydrogen) atoms. The van der Waals surface area contributed by atoms with Gasteiger partial charge in [-0.2, -0.15) is 0 Å². The topological polar surface area (TPSA) is 61.4 Å². The van der Waals surface area contributed by atoms with Crippen LogP contribution in [0.5, 0.6) is 0 Å². The zero-order chi connectivity index (χ0) is 24.1. The Hall–Kier alpha value is -3.60. The summed E-state index contributed by atoms with van der Waals surface area (Å²) in [7, 11) is 1.78. The van der Waals surface area contributed by atoms with Crippen molar-refractivity contribution < 1.29 is 9.59 Å². The Labute approximate surface area is 202 Å². The van der Waals surface area contributed by atoms with Gasteiger partial charge in [0.25, 0.3) is 5.91 Å². The lowest BCUT2D eigenvalue weighted by Crippen LogP contribution is -2.31. The van der Waals surface area contributed by atoms with Crippen LogP contribution >= 0.6 is 0 Å². The fraction of sp³-hybridized carbons (Fsp3) is 0.310. The maximum absolute atomic E-state index is 13.1. The summed E-state index contributed by atoms with van der Waals surface area (Å²) in [5, 5.41) is 6.56. The number of fused-ring (bicyclic) bond motifs is 1. The number of nitrogens with one attached hydrogen (secondary N) is 2. The average molecular weight is 456 g/mol. The van der Waals surface area contributed by atoms with E-state index < -0.39 is 0 Å². The van der Waals surface area contributed by atoms with Crippen LogP contribution in [0.3, 0.4) is 0 Å². The molecule has 5 nitrogen and oxygen atoms in total. The summed E-state index contributed by atoms with van der Waals surface area (Å²) in [6.45, 7) is 5.14. The van der Waals surface area contributed by atoms with E-state index in [0.29, 0.717) is 17.7 Å². The van der Waals surface area contributed by atoms with E-state index in [4.69, 9.17) is 0 Å². The molecule has 2 N–H and O–H groups in total. The summed E-state index contributed by atoms with van der Waals surface area (Å²) in [6.07, 6.45) is 4.68. The van der Waals surface area contributed by atoms with Crippen molar-refractivity contribution in [1.82, 2.24) is 0 Å². The molecule has 1 aliphatic heterocycles. The van der Waals surface area contributed by atoms with Gasteiger partial charge in [-0.3, -0.25) is 9.59 Å². The maximum atomic E-state index is 13.1. The van der Waals surface area contributed by atoms with E-state index in [1.54, 1.807) is 11.9 Å². The molecule has 0 saturated heterocycles. The fourth-order valence-corrected chi connectivity index (χ4v) is 4.41. The molecular formula is C29H33N3O2. The van der Waals surface area contributed by atoms with E-state index in [1.807, 2.05) is 36.4 Å². The number of aryl methyl sites for hydroxylation is 2. The molecule has 0 radical (unpaired) electrons. The van der Waals surface area contributed by atoms with Gasteiger partial charge in [0.15, 0.2) is 0 Å². The van der Waals surface area contributed by atoms with Gasteiger partial charge in [0.2, 0.25) is 5.91 Å². The van der Waals surface area contributed by atoms with Crippen LogP contribution in [0.25, 0.3) is 11.1 Å².